The normalized spacial score (nSPS) is 22.6. The molecule has 2 rings (SSSR count). The van der Waals surface area contributed by atoms with Crippen molar-refractivity contribution in [2.24, 2.45) is 5.92 Å². The van der Waals surface area contributed by atoms with Gasteiger partial charge >= 0.3 is 0 Å². The summed E-state index contributed by atoms with van der Waals surface area (Å²) in [6.45, 7) is 9.12. The molecule has 2 N–H and O–H groups in total. The van der Waals surface area contributed by atoms with Gasteiger partial charge in [0.05, 0.1) is 6.61 Å². The van der Waals surface area contributed by atoms with Gasteiger partial charge in [-0.15, -0.1) is 0 Å². The van der Waals surface area contributed by atoms with Crippen LogP contribution in [0.2, 0.25) is 0 Å². The topological polar surface area (TPSA) is 45.1 Å². The first-order valence-corrected chi connectivity index (χ1v) is 7.66. The molecule has 1 aromatic rings. The summed E-state index contributed by atoms with van der Waals surface area (Å²) in [5.41, 5.74) is 2.85. The number of hydrogen-bond acceptors (Lipinski definition) is 3. The average Bonchev–Trinajstić information content (AvgIpc) is 2.45. The minimum absolute atomic E-state index is 0.570. The first-order valence-electron chi connectivity index (χ1n) is 7.66. The van der Waals surface area contributed by atoms with E-state index in [0.717, 1.165) is 30.8 Å². The smallest absolute Gasteiger partial charge is 0.128 e. The molecular formula is C17H26N2O. The van der Waals surface area contributed by atoms with E-state index in [2.05, 4.69) is 37.4 Å². The van der Waals surface area contributed by atoms with Crippen molar-refractivity contribution in [1.82, 2.24) is 5.32 Å². The van der Waals surface area contributed by atoms with E-state index in [1.54, 1.807) is 0 Å². The first kappa shape index (κ1) is 15.0. The standard InChI is InChI=1S/C17H26N2O/c1-4-9-20-17-10-14(5-6-16(17)13(3)18)15-7-8-19-11-12(15)2/h5-6,10,12,15,18-19H,4,7-9,11H2,1-3H3. The van der Waals surface area contributed by atoms with Crippen molar-refractivity contribution in [2.75, 3.05) is 19.7 Å². The maximum absolute atomic E-state index is 7.88. The van der Waals surface area contributed by atoms with Gasteiger partial charge in [0.2, 0.25) is 0 Å². The lowest BCUT2D eigenvalue weighted by atomic mass is 9.82. The van der Waals surface area contributed by atoms with Gasteiger partial charge in [0.1, 0.15) is 5.75 Å². The zero-order valence-corrected chi connectivity index (χ0v) is 12.8. The number of nitrogens with one attached hydrogen (secondary N) is 2. The summed E-state index contributed by atoms with van der Waals surface area (Å²) >= 11 is 0. The van der Waals surface area contributed by atoms with Gasteiger partial charge in [-0.2, -0.15) is 0 Å². The lowest BCUT2D eigenvalue weighted by molar-refractivity contribution is 0.313. The van der Waals surface area contributed by atoms with Gasteiger partial charge in [-0.3, -0.25) is 0 Å². The second-order valence-corrected chi connectivity index (χ2v) is 5.81. The molecule has 1 heterocycles. The summed E-state index contributed by atoms with van der Waals surface area (Å²) < 4.78 is 5.86. The van der Waals surface area contributed by atoms with E-state index < -0.39 is 0 Å². The van der Waals surface area contributed by atoms with Crippen molar-refractivity contribution in [1.29, 1.82) is 5.41 Å². The summed E-state index contributed by atoms with van der Waals surface area (Å²) in [6, 6.07) is 6.39. The molecule has 1 aliphatic heterocycles. The molecule has 1 saturated heterocycles. The Morgan fingerprint density at radius 3 is 2.90 bits per heavy atom. The van der Waals surface area contributed by atoms with E-state index in [1.165, 1.54) is 12.0 Å². The number of hydrogen-bond donors (Lipinski definition) is 2. The lowest BCUT2D eigenvalue weighted by Gasteiger charge is -2.30. The van der Waals surface area contributed by atoms with Crippen molar-refractivity contribution < 1.29 is 4.74 Å². The molecule has 0 aliphatic carbocycles. The summed E-state index contributed by atoms with van der Waals surface area (Å²) in [7, 11) is 0. The summed E-state index contributed by atoms with van der Waals surface area (Å²) in [6.07, 6.45) is 2.17. The van der Waals surface area contributed by atoms with Crippen LogP contribution >= 0.6 is 0 Å². The number of piperidine rings is 1. The number of benzene rings is 1. The van der Waals surface area contributed by atoms with Crippen molar-refractivity contribution in [3.05, 3.63) is 29.3 Å². The Balaban J connectivity index is 2.28. The van der Waals surface area contributed by atoms with Gasteiger partial charge in [0, 0.05) is 11.3 Å². The third-order valence-corrected chi connectivity index (χ3v) is 4.08. The molecule has 0 radical (unpaired) electrons. The minimum atomic E-state index is 0.570. The predicted molar refractivity (Wildman–Crippen MR) is 84.1 cm³/mol. The molecule has 2 unspecified atom stereocenters. The van der Waals surface area contributed by atoms with E-state index >= 15 is 0 Å². The Morgan fingerprint density at radius 2 is 2.25 bits per heavy atom. The minimum Gasteiger partial charge on any atom is -0.493 e. The highest BCUT2D eigenvalue weighted by Gasteiger charge is 2.23. The van der Waals surface area contributed by atoms with Crippen LogP contribution in [0.15, 0.2) is 18.2 Å². The fourth-order valence-corrected chi connectivity index (χ4v) is 2.92. The van der Waals surface area contributed by atoms with Gasteiger partial charge in [0.15, 0.2) is 0 Å². The Morgan fingerprint density at radius 1 is 1.45 bits per heavy atom. The van der Waals surface area contributed by atoms with Gasteiger partial charge in [-0.25, -0.2) is 0 Å². The molecule has 110 valence electrons. The van der Waals surface area contributed by atoms with Crippen molar-refractivity contribution >= 4 is 5.71 Å². The molecule has 0 saturated carbocycles. The number of ether oxygens (including phenoxy) is 1. The van der Waals surface area contributed by atoms with Gasteiger partial charge < -0.3 is 15.5 Å². The molecular weight excluding hydrogens is 248 g/mol. The maximum atomic E-state index is 7.88. The highest BCUT2D eigenvalue weighted by Crippen LogP contribution is 2.33. The van der Waals surface area contributed by atoms with Crippen LogP contribution in [0.4, 0.5) is 0 Å². The van der Waals surface area contributed by atoms with Crippen LogP contribution in [0.1, 0.15) is 50.7 Å². The zero-order valence-electron chi connectivity index (χ0n) is 12.8. The van der Waals surface area contributed by atoms with Crippen molar-refractivity contribution in [3.8, 4) is 5.75 Å². The highest BCUT2D eigenvalue weighted by molar-refractivity contribution is 5.98. The van der Waals surface area contributed by atoms with E-state index in [9.17, 15) is 0 Å². The SMILES string of the molecule is CCCOc1cc(C2CCNCC2C)ccc1C(C)=N. The molecule has 3 nitrogen and oxygen atoms in total. The van der Waals surface area contributed by atoms with E-state index in [4.69, 9.17) is 10.1 Å². The van der Waals surface area contributed by atoms with Crippen LogP contribution in [0.5, 0.6) is 5.75 Å². The third kappa shape index (κ3) is 3.40. The van der Waals surface area contributed by atoms with Crippen LogP contribution in [-0.4, -0.2) is 25.4 Å². The van der Waals surface area contributed by atoms with Crippen LogP contribution in [0, 0.1) is 11.3 Å². The van der Waals surface area contributed by atoms with E-state index in [0.29, 0.717) is 24.2 Å². The Bertz CT molecular complexity index is 470. The van der Waals surface area contributed by atoms with Crippen LogP contribution < -0.4 is 10.1 Å². The zero-order chi connectivity index (χ0) is 14.5. The molecule has 2 atom stereocenters. The largest absolute Gasteiger partial charge is 0.493 e. The fourth-order valence-electron chi connectivity index (χ4n) is 2.92. The molecule has 20 heavy (non-hydrogen) atoms. The van der Waals surface area contributed by atoms with Crippen LogP contribution in [-0.2, 0) is 0 Å². The van der Waals surface area contributed by atoms with E-state index in [-0.39, 0.29) is 0 Å². The molecule has 0 spiro atoms. The van der Waals surface area contributed by atoms with Crippen molar-refractivity contribution in [2.45, 2.75) is 39.5 Å². The quantitative estimate of drug-likeness (QED) is 0.806. The molecule has 3 heteroatoms. The number of rotatable bonds is 5. The summed E-state index contributed by atoms with van der Waals surface area (Å²) in [5.74, 6) is 2.12. The molecule has 1 aliphatic rings. The molecule has 0 aromatic heterocycles. The second kappa shape index (κ2) is 6.89. The van der Waals surface area contributed by atoms with Gasteiger partial charge in [-0.1, -0.05) is 19.9 Å². The maximum Gasteiger partial charge on any atom is 0.128 e. The molecule has 1 fully saturated rings. The molecule has 0 amide bonds. The predicted octanol–water partition coefficient (Wildman–Crippen LogP) is 3.58. The Hall–Kier alpha value is -1.35. The first-order chi connectivity index (χ1) is 9.63. The van der Waals surface area contributed by atoms with Crippen LogP contribution in [0.25, 0.3) is 0 Å². The van der Waals surface area contributed by atoms with Crippen LogP contribution in [0.3, 0.4) is 0 Å². The van der Waals surface area contributed by atoms with Gasteiger partial charge in [0.25, 0.3) is 0 Å². The van der Waals surface area contributed by atoms with Crippen molar-refractivity contribution in [3.63, 3.8) is 0 Å². The summed E-state index contributed by atoms with van der Waals surface area (Å²) in [4.78, 5) is 0. The fraction of sp³-hybridized carbons (Fsp3) is 0.588. The van der Waals surface area contributed by atoms with Gasteiger partial charge in [-0.05, 0) is 62.4 Å². The lowest BCUT2D eigenvalue weighted by Crippen LogP contribution is -2.33. The summed E-state index contributed by atoms with van der Waals surface area (Å²) in [5, 5.41) is 11.3. The second-order valence-electron chi connectivity index (χ2n) is 5.81. The monoisotopic (exact) mass is 274 g/mol. The third-order valence-electron chi connectivity index (χ3n) is 4.08. The molecule has 0 bridgehead atoms. The Labute approximate surface area is 122 Å². The highest BCUT2D eigenvalue weighted by atomic mass is 16.5. The Kier molecular flexibility index (Phi) is 5.18. The average molecular weight is 274 g/mol. The molecule has 1 aromatic carbocycles. The van der Waals surface area contributed by atoms with E-state index in [1.807, 2.05) is 6.92 Å².